The van der Waals surface area contributed by atoms with Crippen LogP contribution >= 0.6 is 0 Å². The van der Waals surface area contributed by atoms with Gasteiger partial charge in [0, 0.05) is 24.2 Å². The molecule has 5 heteroatoms. The summed E-state index contributed by atoms with van der Waals surface area (Å²) in [5.41, 5.74) is 1.12. The molecule has 1 aliphatic heterocycles. The predicted octanol–water partition coefficient (Wildman–Crippen LogP) is 2.29. The summed E-state index contributed by atoms with van der Waals surface area (Å²) >= 11 is 0. The van der Waals surface area contributed by atoms with Crippen LogP contribution in [0.5, 0.6) is 17.2 Å². The molecule has 0 amide bonds. The lowest BCUT2D eigenvalue weighted by atomic mass is 10.1. The molecular formula is C17H28N2O3. The number of benzene rings is 1. The van der Waals surface area contributed by atoms with Gasteiger partial charge in [-0.25, -0.2) is 0 Å². The smallest absolute Gasteiger partial charge is 0.164 e. The second-order valence-corrected chi connectivity index (χ2v) is 5.77. The zero-order chi connectivity index (χ0) is 15.9. The fraction of sp³-hybridized carbons (Fsp3) is 0.647. The quantitative estimate of drug-likeness (QED) is 0.873. The summed E-state index contributed by atoms with van der Waals surface area (Å²) < 4.78 is 16.3. The van der Waals surface area contributed by atoms with Crippen molar-refractivity contribution < 1.29 is 14.2 Å². The number of ether oxygens (including phenoxy) is 3. The fourth-order valence-electron chi connectivity index (χ4n) is 3.06. The number of rotatable bonds is 6. The van der Waals surface area contributed by atoms with E-state index in [-0.39, 0.29) is 0 Å². The van der Waals surface area contributed by atoms with E-state index < -0.39 is 0 Å². The van der Waals surface area contributed by atoms with E-state index in [0.717, 1.165) is 36.7 Å². The van der Waals surface area contributed by atoms with Crippen molar-refractivity contribution in [3.63, 3.8) is 0 Å². The molecule has 1 aliphatic rings. The van der Waals surface area contributed by atoms with Crippen molar-refractivity contribution >= 4 is 0 Å². The molecule has 2 rings (SSSR count). The Morgan fingerprint density at radius 3 is 2.36 bits per heavy atom. The Kier molecular flexibility index (Phi) is 6.34. The average molecular weight is 308 g/mol. The summed E-state index contributed by atoms with van der Waals surface area (Å²) in [5.74, 6) is 2.29. The SMILES string of the molecule is COc1cc(OC)c(OC)cc1CN(C)C1CCCNCC1. The molecule has 0 bridgehead atoms. The lowest BCUT2D eigenvalue weighted by Crippen LogP contribution is -2.32. The third-order valence-electron chi connectivity index (χ3n) is 4.37. The van der Waals surface area contributed by atoms with E-state index in [9.17, 15) is 0 Å². The zero-order valence-electron chi connectivity index (χ0n) is 14.1. The van der Waals surface area contributed by atoms with Crippen molar-refractivity contribution in [1.29, 1.82) is 0 Å². The number of nitrogens with zero attached hydrogens (tertiary/aromatic N) is 1. The summed E-state index contributed by atoms with van der Waals surface area (Å²) in [5, 5.41) is 3.46. The Labute approximate surface area is 133 Å². The third-order valence-corrected chi connectivity index (χ3v) is 4.37. The number of nitrogens with one attached hydrogen (secondary N) is 1. The zero-order valence-corrected chi connectivity index (χ0v) is 14.1. The van der Waals surface area contributed by atoms with Gasteiger partial charge in [0.2, 0.25) is 0 Å². The Morgan fingerprint density at radius 2 is 1.68 bits per heavy atom. The minimum absolute atomic E-state index is 0.604. The molecule has 1 unspecified atom stereocenters. The molecule has 0 saturated carbocycles. The Bertz CT molecular complexity index is 471. The van der Waals surface area contributed by atoms with Gasteiger partial charge in [-0.2, -0.15) is 0 Å². The van der Waals surface area contributed by atoms with Crippen LogP contribution in [-0.2, 0) is 6.54 Å². The molecule has 1 aromatic carbocycles. The molecule has 0 spiro atoms. The summed E-state index contributed by atoms with van der Waals surface area (Å²) in [6.07, 6.45) is 3.66. The first kappa shape index (κ1) is 16.9. The van der Waals surface area contributed by atoms with Crippen LogP contribution in [0.4, 0.5) is 0 Å². The van der Waals surface area contributed by atoms with Crippen LogP contribution in [0.15, 0.2) is 12.1 Å². The van der Waals surface area contributed by atoms with Crippen molar-refractivity contribution in [1.82, 2.24) is 10.2 Å². The molecule has 0 radical (unpaired) electrons. The van der Waals surface area contributed by atoms with E-state index in [0.29, 0.717) is 11.8 Å². The summed E-state index contributed by atoms with van der Waals surface area (Å²) in [6, 6.07) is 4.52. The number of methoxy groups -OCH3 is 3. The van der Waals surface area contributed by atoms with Gasteiger partial charge in [0.15, 0.2) is 11.5 Å². The highest BCUT2D eigenvalue weighted by molar-refractivity contribution is 5.50. The van der Waals surface area contributed by atoms with Crippen LogP contribution in [0.2, 0.25) is 0 Å². The standard InChI is InChI=1S/C17H28N2O3/c1-19(14-6-5-8-18-9-7-14)12-13-10-16(21-3)17(22-4)11-15(13)20-2/h10-11,14,18H,5-9,12H2,1-4H3. The highest BCUT2D eigenvalue weighted by atomic mass is 16.5. The average Bonchev–Trinajstić information content (AvgIpc) is 2.83. The summed E-state index contributed by atoms with van der Waals surface area (Å²) in [7, 11) is 7.18. The van der Waals surface area contributed by atoms with Gasteiger partial charge in [0.1, 0.15) is 5.75 Å². The van der Waals surface area contributed by atoms with E-state index in [1.54, 1.807) is 21.3 Å². The fourth-order valence-corrected chi connectivity index (χ4v) is 3.06. The van der Waals surface area contributed by atoms with Gasteiger partial charge in [0.05, 0.1) is 21.3 Å². The van der Waals surface area contributed by atoms with Gasteiger partial charge in [0.25, 0.3) is 0 Å². The molecular weight excluding hydrogens is 280 g/mol. The van der Waals surface area contributed by atoms with E-state index >= 15 is 0 Å². The Morgan fingerprint density at radius 1 is 1.00 bits per heavy atom. The molecule has 1 heterocycles. The minimum atomic E-state index is 0.604. The molecule has 5 nitrogen and oxygen atoms in total. The predicted molar refractivity (Wildman–Crippen MR) is 88.1 cm³/mol. The number of hydrogen-bond acceptors (Lipinski definition) is 5. The van der Waals surface area contributed by atoms with Gasteiger partial charge in [-0.05, 0) is 45.5 Å². The van der Waals surface area contributed by atoms with Crippen molar-refractivity contribution in [2.24, 2.45) is 0 Å². The molecule has 1 atom stereocenters. The van der Waals surface area contributed by atoms with Gasteiger partial charge in [-0.3, -0.25) is 4.90 Å². The van der Waals surface area contributed by atoms with Crippen LogP contribution in [0, 0.1) is 0 Å². The maximum absolute atomic E-state index is 5.53. The van der Waals surface area contributed by atoms with Crippen LogP contribution in [-0.4, -0.2) is 52.4 Å². The van der Waals surface area contributed by atoms with Crippen LogP contribution < -0.4 is 19.5 Å². The molecule has 0 aromatic heterocycles. The monoisotopic (exact) mass is 308 g/mol. The van der Waals surface area contributed by atoms with Crippen LogP contribution in [0.1, 0.15) is 24.8 Å². The Hall–Kier alpha value is -1.46. The molecule has 1 N–H and O–H groups in total. The van der Waals surface area contributed by atoms with Crippen LogP contribution in [0.25, 0.3) is 0 Å². The highest BCUT2D eigenvalue weighted by Crippen LogP contribution is 2.35. The van der Waals surface area contributed by atoms with Crippen molar-refractivity contribution in [3.05, 3.63) is 17.7 Å². The van der Waals surface area contributed by atoms with Gasteiger partial charge >= 0.3 is 0 Å². The Balaban J connectivity index is 2.16. The van der Waals surface area contributed by atoms with E-state index in [4.69, 9.17) is 14.2 Å². The second-order valence-electron chi connectivity index (χ2n) is 5.77. The molecule has 1 aromatic rings. The molecule has 1 fully saturated rings. The van der Waals surface area contributed by atoms with Crippen molar-refractivity contribution in [2.45, 2.75) is 31.8 Å². The van der Waals surface area contributed by atoms with Gasteiger partial charge < -0.3 is 19.5 Å². The lowest BCUT2D eigenvalue weighted by molar-refractivity contribution is 0.213. The maximum Gasteiger partial charge on any atom is 0.164 e. The van der Waals surface area contributed by atoms with E-state index in [1.807, 2.05) is 12.1 Å². The van der Waals surface area contributed by atoms with E-state index in [1.165, 1.54) is 19.3 Å². The van der Waals surface area contributed by atoms with Crippen LogP contribution in [0.3, 0.4) is 0 Å². The lowest BCUT2D eigenvalue weighted by Gasteiger charge is -2.27. The minimum Gasteiger partial charge on any atom is -0.496 e. The normalized spacial score (nSPS) is 18.9. The number of hydrogen-bond donors (Lipinski definition) is 1. The third kappa shape index (κ3) is 4.05. The van der Waals surface area contributed by atoms with E-state index in [2.05, 4.69) is 17.3 Å². The first-order valence-corrected chi connectivity index (χ1v) is 7.89. The maximum atomic E-state index is 5.53. The molecule has 22 heavy (non-hydrogen) atoms. The topological polar surface area (TPSA) is 43.0 Å². The molecule has 0 aliphatic carbocycles. The van der Waals surface area contributed by atoms with Crippen molar-refractivity contribution in [2.75, 3.05) is 41.5 Å². The first-order valence-electron chi connectivity index (χ1n) is 7.89. The summed E-state index contributed by atoms with van der Waals surface area (Å²) in [4.78, 5) is 2.41. The second kappa shape index (κ2) is 8.25. The van der Waals surface area contributed by atoms with Gasteiger partial charge in [-0.15, -0.1) is 0 Å². The molecule has 1 saturated heterocycles. The van der Waals surface area contributed by atoms with Gasteiger partial charge in [-0.1, -0.05) is 0 Å². The van der Waals surface area contributed by atoms with Crippen molar-refractivity contribution in [3.8, 4) is 17.2 Å². The summed E-state index contributed by atoms with van der Waals surface area (Å²) in [6.45, 7) is 3.07. The largest absolute Gasteiger partial charge is 0.496 e. The first-order chi connectivity index (χ1) is 10.7. The molecule has 124 valence electrons. The highest BCUT2D eigenvalue weighted by Gasteiger charge is 2.19.